The highest BCUT2D eigenvalue weighted by atomic mass is 32.1. The van der Waals surface area contributed by atoms with E-state index in [0.29, 0.717) is 17.4 Å². The number of benzene rings is 1. The molecule has 0 radical (unpaired) electrons. The average Bonchev–Trinajstić information content (AvgIpc) is 3.45. The van der Waals surface area contributed by atoms with Crippen molar-refractivity contribution < 1.29 is 9.59 Å². The molecule has 146 valence electrons. The van der Waals surface area contributed by atoms with Gasteiger partial charge in [-0.1, -0.05) is 6.07 Å². The molecule has 0 unspecified atom stereocenters. The molecule has 0 atom stereocenters. The second-order valence-electron chi connectivity index (χ2n) is 7.43. The predicted molar refractivity (Wildman–Crippen MR) is 115 cm³/mol. The van der Waals surface area contributed by atoms with E-state index in [2.05, 4.69) is 10.2 Å². The van der Waals surface area contributed by atoms with Gasteiger partial charge in [0.25, 0.3) is 5.91 Å². The maximum absolute atomic E-state index is 12.4. The van der Waals surface area contributed by atoms with Crippen LogP contribution >= 0.6 is 11.3 Å². The molecule has 1 aliphatic carbocycles. The van der Waals surface area contributed by atoms with Crippen LogP contribution in [0.2, 0.25) is 0 Å². The highest BCUT2D eigenvalue weighted by Crippen LogP contribution is 2.31. The Morgan fingerprint density at radius 3 is 2.39 bits per heavy atom. The summed E-state index contributed by atoms with van der Waals surface area (Å²) in [5.74, 6) is 0.545. The number of piperazine rings is 1. The van der Waals surface area contributed by atoms with Crippen molar-refractivity contribution in [3.63, 3.8) is 0 Å². The van der Waals surface area contributed by atoms with E-state index in [4.69, 9.17) is 0 Å². The Morgan fingerprint density at radius 2 is 1.79 bits per heavy atom. The first-order valence-corrected chi connectivity index (χ1v) is 10.6. The molecule has 1 N–H and O–H groups in total. The van der Waals surface area contributed by atoms with Gasteiger partial charge in [-0.3, -0.25) is 9.59 Å². The highest BCUT2D eigenvalue weighted by molar-refractivity contribution is 7.10. The van der Waals surface area contributed by atoms with Crippen LogP contribution in [0.15, 0.2) is 47.4 Å². The zero-order chi connectivity index (χ0) is 19.5. The van der Waals surface area contributed by atoms with Gasteiger partial charge in [0.15, 0.2) is 0 Å². The van der Waals surface area contributed by atoms with Gasteiger partial charge in [0.05, 0.1) is 0 Å². The number of thiophene rings is 1. The van der Waals surface area contributed by atoms with E-state index in [1.54, 1.807) is 11.3 Å². The van der Waals surface area contributed by atoms with Crippen molar-refractivity contribution in [2.75, 3.05) is 36.4 Å². The molecule has 2 amide bonds. The molecular formula is C22H25N3O2S. The Balaban J connectivity index is 1.31. The minimum absolute atomic E-state index is 0.0895. The van der Waals surface area contributed by atoms with Crippen molar-refractivity contribution in [2.45, 2.75) is 19.8 Å². The molecule has 1 aromatic carbocycles. The molecule has 2 fully saturated rings. The summed E-state index contributed by atoms with van der Waals surface area (Å²) in [6.07, 6.45) is 4.03. The summed E-state index contributed by atoms with van der Waals surface area (Å²) in [6, 6.07) is 11.9. The smallest absolute Gasteiger partial charge is 0.251 e. The second-order valence-corrected chi connectivity index (χ2v) is 8.41. The average molecular weight is 396 g/mol. The van der Waals surface area contributed by atoms with Crippen LogP contribution in [-0.4, -0.2) is 42.9 Å². The van der Waals surface area contributed by atoms with Crippen molar-refractivity contribution >= 4 is 40.6 Å². The summed E-state index contributed by atoms with van der Waals surface area (Å²) in [6.45, 7) is 5.12. The van der Waals surface area contributed by atoms with Gasteiger partial charge in [0, 0.05) is 53.9 Å². The Hall–Kier alpha value is -2.60. The lowest BCUT2D eigenvalue weighted by atomic mass is 10.2. The Labute approximate surface area is 169 Å². The van der Waals surface area contributed by atoms with E-state index in [-0.39, 0.29) is 5.91 Å². The number of rotatable bonds is 5. The monoisotopic (exact) mass is 395 g/mol. The van der Waals surface area contributed by atoms with E-state index in [9.17, 15) is 9.59 Å². The maximum atomic E-state index is 12.4. The summed E-state index contributed by atoms with van der Waals surface area (Å²) in [5.41, 5.74) is 2.60. The molecular weight excluding hydrogens is 370 g/mol. The van der Waals surface area contributed by atoms with Crippen LogP contribution in [0.25, 0.3) is 6.08 Å². The molecule has 28 heavy (non-hydrogen) atoms. The molecule has 2 aliphatic rings. The number of carbonyl (C=O) groups excluding carboxylic acids is 2. The quantitative estimate of drug-likeness (QED) is 0.783. The number of carbonyl (C=O) groups is 2. The van der Waals surface area contributed by atoms with E-state index in [1.165, 1.54) is 0 Å². The van der Waals surface area contributed by atoms with E-state index in [1.807, 2.05) is 59.7 Å². The van der Waals surface area contributed by atoms with E-state index in [0.717, 1.165) is 55.3 Å². The van der Waals surface area contributed by atoms with Gasteiger partial charge >= 0.3 is 0 Å². The molecule has 6 heteroatoms. The molecule has 5 nitrogen and oxygen atoms in total. The van der Waals surface area contributed by atoms with Crippen LogP contribution in [-0.2, 0) is 9.59 Å². The normalized spacial score (nSPS) is 17.5. The maximum Gasteiger partial charge on any atom is 0.251 e. The Bertz CT molecular complexity index is 862. The van der Waals surface area contributed by atoms with Gasteiger partial charge in [0.2, 0.25) is 5.91 Å². The molecule has 0 bridgehead atoms. The van der Waals surface area contributed by atoms with Crippen LogP contribution in [0, 0.1) is 5.92 Å². The van der Waals surface area contributed by atoms with Crippen molar-refractivity contribution in [1.82, 2.24) is 4.90 Å². The topological polar surface area (TPSA) is 52.7 Å². The van der Waals surface area contributed by atoms with E-state index < -0.39 is 0 Å². The fraction of sp³-hybridized carbons (Fsp3) is 0.364. The predicted octanol–water partition coefficient (Wildman–Crippen LogP) is 3.85. The van der Waals surface area contributed by atoms with Crippen LogP contribution < -0.4 is 10.2 Å². The number of anilines is 2. The lowest BCUT2D eigenvalue weighted by Gasteiger charge is -2.36. The van der Waals surface area contributed by atoms with Crippen molar-refractivity contribution in [1.29, 1.82) is 0 Å². The van der Waals surface area contributed by atoms with Crippen molar-refractivity contribution in [3.8, 4) is 0 Å². The third-order valence-corrected chi connectivity index (χ3v) is 6.09. The van der Waals surface area contributed by atoms with Crippen molar-refractivity contribution in [3.05, 3.63) is 52.2 Å². The Morgan fingerprint density at radius 1 is 1.07 bits per heavy atom. The fourth-order valence-electron chi connectivity index (χ4n) is 3.41. The summed E-state index contributed by atoms with van der Waals surface area (Å²) < 4.78 is 0. The molecule has 1 saturated carbocycles. The van der Waals surface area contributed by atoms with Crippen molar-refractivity contribution in [2.24, 2.45) is 5.92 Å². The first-order valence-electron chi connectivity index (χ1n) is 9.77. The minimum Gasteiger partial charge on any atom is -0.368 e. The lowest BCUT2D eigenvalue weighted by Crippen LogP contribution is -2.49. The molecule has 1 saturated heterocycles. The zero-order valence-corrected chi connectivity index (χ0v) is 16.9. The second kappa shape index (κ2) is 8.19. The molecule has 1 aliphatic heterocycles. The van der Waals surface area contributed by atoms with E-state index >= 15 is 0 Å². The summed E-state index contributed by atoms with van der Waals surface area (Å²) in [7, 11) is 0. The Kier molecular flexibility index (Phi) is 5.48. The van der Waals surface area contributed by atoms with Crippen LogP contribution in [0.1, 0.15) is 24.6 Å². The van der Waals surface area contributed by atoms with Crippen LogP contribution in [0.3, 0.4) is 0 Å². The van der Waals surface area contributed by atoms with Gasteiger partial charge in [0.1, 0.15) is 0 Å². The number of nitrogens with one attached hydrogen (secondary N) is 1. The molecule has 2 heterocycles. The van der Waals surface area contributed by atoms with Gasteiger partial charge in [-0.2, -0.15) is 0 Å². The van der Waals surface area contributed by atoms with Crippen LogP contribution in [0.4, 0.5) is 11.4 Å². The molecule has 4 rings (SSSR count). The molecule has 2 aromatic rings. The third kappa shape index (κ3) is 4.44. The summed E-state index contributed by atoms with van der Waals surface area (Å²) >= 11 is 1.61. The molecule has 1 aromatic heterocycles. The van der Waals surface area contributed by atoms with Crippen LogP contribution in [0.5, 0.6) is 0 Å². The first-order chi connectivity index (χ1) is 13.6. The zero-order valence-electron chi connectivity index (χ0n) is 16.1. The first kappa shape index (κ1) is 18.7. The number of amides is 2. The number of nitrogens with zero attached hydrogens (tertiary/aromatic N) is 2. The molecule has 0 spiro atoms. The highest BCUT2D eigenvalue weighted by Gasteiger charge is 2.34. The standard InChI is InChI=1S/C22H25N3O2S/c1-16(15-20-3-2-14-28-20)21(26)23-18-6-8-19(9-7-18)24-10-12-25(13-11-24)22(27)17-4-5-17/h2-3,6-9,14-15,17H,4-5,10-13H2,1H3,(H,23,26)/b16-15+. The lowest BCUT2D eigenvalue weighted by molar-refractivity contribution is -0.132. The van der Waals surface area contributed by atoms with Gasteiger partial charge < -0.3 is 15.1 Å². The van der Waals surface area contributed by atoms with Gasteiger partial charge in [-0.15, -0.1) is 11.3 Å². The summed E-state index contributed by atoms with van der Waals surface area (Å²) in [5, 5.41) is 4.95. The minimum atomic E-state index is -0.0895. The number of hydrogen-bond acceptors (Lipinski definition) is 4. The fourth-order valence-corrected chi connectivity index (χ4v) is 4.13. The SMILES string of the molecule is C/C(=C\c1cccs1)C(=O)Nc1ccc(N2CCN(C(=O)C3CC3)CC2)cc1. The summed E-state index contributed by atoms with van der Waals surface area (Å²) in [4.78, 5) is 29.9. The van der Waals surface area contributed by atoms with Gasteiger partial charge in [-0.25, -0.2) is 0 Å². The van der Waals surface area contributed by atoms with Gasteiger partial charge in [-0.05, 0) is 61.6 Å². The number of hydrogen-bond donors (Lipinski definition) is 1. The largest absolute Gasteiger partial charge is 0.368 e. The third-order valence-electron chi connectivity index (χ3n) is 5.27.